The van der Waals surface area contributed by atoms with Crippen LogP contribution in [-0.4, -0.2) is 17.2 Å². The maximum absolute atomic E-state index is 12.0. The van der Waals surface area contributed by atoms with Crippen molar-refractivity contribution >= 4 is 33.3 Å². The number of ether oxygens (including phenoxy) is 1. The van der Waals surface area contributed by atoms with Gasteiger partial charge in [0.05, 0.1) is 17.0 Å². The number of hydrogen-bond donors (Lipinski definition) is 0. The molecule has 0 aliphatic carbocycles. The van der Waals surface area contributed by atoms with Crippen molar-refractivity contribution in [1.29, 1.82) is 0 Å². The molecule has 0 saturated carbocycles. The first-order chi connectivity index (χ1) is 7.09. The molecule has 0 N–H and O–H groups in total. The first-order valence-corrected chi connectivity index (χ1v) is 6.00. The van der Waals surface area contributed by atoms with Gasteiger partial charge in [0.2, 0.25) is 0 Å². The summed E-state index contributed by atoms with van der Waals surface area (Å²) in [7, 11) is 0. The van der Waals surface area contributed by atoms with Gasteiger partial charge in [0, 0.05) is 11.4 Å². The second-order valence-electron chi connectivity index (χ2n) is 3.57. The quantitative estimate of drug-likeness (QED) is 0.685. The van der Waals surface area contributed by atoms with Crippen LogP contribution in [0.5, 0.6) is 5.75 Å². The predicted octanol–water partition coefficient (Wildman–Crippen LogP) is 3.38. The van der Waals surface area contributed by atoms with E-state index in [4.69, 9.17) is 16.3 Å². The van der Waals surface area contributed by atoms with Crippen LogP contribution >= 0.6 is 27.5 Å². The third-order valence-corrected chi connectivity index (χ3v) is 3.50. The summed E-state index contributed by atoms with van der Waals surface area (Å²) in [6.45, 7) is 2.45. The van der Waals surface area contributed by atoms with Gasteiger partial charge in [-0.2, -0.15) is 0 Å². The summed E-state index contributed by atoms with van der Waals surface area (Å²) < 4.78 is 5.57. The molecule has 0 radical (unpaired) electrons. The lowest BCUT2D eigenvalue weighted by atomic mass is 10.0. The average molecular weight is 290 g/mol. The van der Waals surface area contributed by atoms with E-state index in [-0.39, 0.29) is 10.6 Å². The van der Waals surface area contributed by atoms with E-state index in [1.807, 2.05) is 13.0 Å². The van der Waals surface area contributed by atoms with Gasteiger partial charge in [-0.25, -0.2) is 0 Å². The molecule has 1 unspecified atom stereocenters. The van der Waals surface area contributed by atoms with Crippen LogP contribution in [0.3, 0.4) is 0 Å². The molecule has 1 atom stereocenters. The molecule has 2 nitrogen and oxygen atoms in total. The summed E-state index contributed by atoms with van der Waals surface area (Å²) >= 11 is 9.28. The molecule has 15 heavy (non-hydrogen) atoms. The SMILES string of the molecule is Cc1cc(Cl)cc2c1OCCC(Br)C2=O. The highest BCUT2D eigenvalue weighted by molar-refractivity contribution is 9.10. The Labute approximate surface area is 102 Å². The van der Waals surface area contributed by atoms with Gasteiger partial charge in [-0.3, -0.25) is 4.79 Å². The van der Waals surface area contributed by atoms with Gasteiger partial charge in [-0.1, -0.05) is 27.5 Å². The summed E-state index contributed by atoms with van der Waals surface area (Å²) in [6.07, 6.45) is 0.685. The first-order valence-electron chi connectivity index (χ1n) is 4.71. The molecule has 0 aromatic heterocycles. The van der Waals surface area contributed by atoms with Crippen molar-refractivity contribution in [3.63, 3.8) is 0 Å². The van der Waals surface area contributed by atoms with Crippen molar-refractivity contribution in [3.05, 3.63) is 28.3 Å². The minimum absolute atomic E-state index is 0.0492. The average Bonchev–Trinajstić information content (AvgIpc) is 2.30. The van der Waals surface area contributed by atoms with E-state index in [0.717, 1.165) is 5.56 Å². The zero-order valence-corrected chi connectivity index (χ0v) is 10.6. The van der Waals surface area contributed by atoms with Gasteiger partial charge in [0.1, 0.15) is 5.75 Å². The third-order valence-electron chi connectivity index (χ3n) is 2.41. The molecular formula is C11H10BrClO2. The zero-order chi connectivity index (χ0) is 11.0. The van der Waals surface area contributed by atoms with Crippen LogP contribution in [-0.2, 0) is 0 Å². The number of aryl methyl sites for hydroxylation is 1. The summed E-state index contributed by atoms with van der Waals surface area (Å²) in [4.78, 5) is 11.8. The number of carbonyl (C=O) groups is 1. The topological polar surface area (TPSA) is 26.3 Å². The van der Waals surface area contributed by atoms with Crippen LogP contribution in [0, 0.1) is 6.92 Å². The molecule has 0 spiro atoms. The van der Waals surface area contributed by atoms with Crippen molar-refractivity contribution in [1.82, 2.24) is 0 Å². The molecule has 2 rings (SSSR count). The molecule has 1 heterocycles. The monoisotopic (exact) mass is 288 g/mol. The number of ketones is 1. The van der Waals surface area contributed by atoms with Crippen LogP contribution in [0.25, 0.3) is 0 Å². The molecule has 0 bridgehead atoms. The fourth-order valence-electron chi connectivity index (χ4n) is 1.67. The van der Waals surface area contributed by atoms with Crippen LogP contribution < -0.4 is 4.74 Å². The number of Topliss-reactive ketones (excluding diaryl/α,β-unsaturated/α-hetero) is 1. The molecule has 1 aliphatic rings. The van der Waals surface area contributed by atoms with Crippen molar-refractivity contribution in [3.8, 4) is 5.75 Å². The smallest absolute Gasteiger partial charge is 0.180 e. The molecule has 1 aromatic rings. The normalized spacial score (nSPS) is 20.5. The standard InChI is InChI=1S/C11H10BrClO2/c1-6-4-7(13)5-8-10(14)9(12)2-3-15-11(6)8/h4-5,9H,2-3H2,1H3. The highest BCUT2D eigenvalue weighted by Crippen LogP contribution is 2.32. The number of alkyl halides is 1. The number of benzene rings is 1. The minimum Gasteiger partial charge on any atom is -0.492 e. The van der Waals surface area contributed by atoms with E-state index in [9.17, 15) is 4.79 Å². The minimum atomic E-state index is -0.170. The molecule has 0 saturated heterocycles. The molecule has 80 valence electrons. The summed E-state index contributed by atoms with van der Waals surface area (Å²) in [5, 5.41) is 0.574. The Balaban J connectivity index is 2.58. The van der Waals surface area contributed by atoms with E-state index in [2.05, 4.69) is 15.9 Å². The summed E-state index contributed by atoms with van der Waals surface area (Å²) in [6, 6.07) is 3.48. The Kier molecular flexibility index (Phi) is 3.03. The number of hydrogen-bond acceptors (Lipinski definition) is 2. The second-order valence-corrected chi connectivity index (χ2v) is 5.11. The zero-order valence-electron chi connectivity index (χ0n) is 8.22. The molecule has 4 heteroatoms. The van der Waals surface area contributed by atoms with Gasteiger partial charge < -0.3 is 4.74 Å². The van der Waals surface area contributed by atoms with Gasteiger partial charge in [-0.05, 0) is 24.6 Å². The largest absolute Gasteiger partial charge is 0.492 e. The van der Waals surface area contributed by atoms with E-state index in [0.29, 0.717) is 29.4 Å². The molecule has 0 fully saturated rings. The van der Waals surface area contributed by atoms with Crippen molar-refractivity contribution in [2.45, 2.75) is 18.2 Å². The van der Waals surface area contributed by atoms with Crippen molar-refractivity contribution in [2.75, 3.05) is 6.61 Å². The Morgan fingerprint density at radius 2 is 2.27 bits per heavy atom. The Hall–Kier alpha value is -0.540. The van der Waals surface area contributed by atoms with Crippen LogP contribution in [0.2, 0.25) is 5.02 Å². The molecule has 1 aromatic carbocycles. The summed E-state index contributed by atoms with van der Waals surface area (Å²) in [5.74, 6) is 0.722. The molecule has 0 amide bonds. The summed E-state index contributed by atoms with van der Waals surface area (Å²) in [5.41, 5.74) is 1.49. The molecular weight excluding hydrogens is 279 g/mol. The number of carbonyl (C=O) groups excluding carboxylic acids is 1. The van der Waals surface area contributed by atoms with E-state index in [1.165, 1.54) is 0 Å². The number of rotatable bonds is 0. The highest BCUT2D eigenvalue weighted by atomic mass is 79.9. The fourth-order valence-corrected chi connectivity index (χ4v) is 2.38. The van der Waals surface area contributed by atoms with Crippen LogP contribution in [0.4, 0.5) is 0 Å². The highest BCUT2D eigenvalue weighted by Gasteiger charge is 2.25. The van der Waals surface area contributed by atoms with Crippen molar-refractivity contribution in [2.24, 2.45) is 0 Å². The van der Waals surface area contributed by atoms with Gasteiger partial charge >= 0.3 is 0 Å². The van der Waals surface area contributed by atoms with Crippen LogP contribution in [0.1, 0.15) is 22.3 Å². The lowest BCUT2D eigenvalue weighted by Gasteiger charge is -2.09. The fraction of sp³-hybridized carbons (Fsp3) is 0.364. The second kappa shape index (κ2) is 4.14. The maximum atomic E-state index is 12.0. The van der Waals surface area contributed by atoms with E-state index >= 15 is 0 Å². The lowest BCUT2D eigenvalue weighted by molar-refractivity contribution is 0.0991. The van der Waals surface area contributed by atoms with E-state index < -0.39 is 0 Å². The van der Waals surface area contributed by atoms with Gasteiger partial charge in [0.25, 0.3) is 0 Å². The Morgan fingerprint density at radius 3 is 3.00 bits per heavy atom. The first kappa shape index (κ1) is 11.0. The van der Waals surface area contributed by atoms with Gasteiger partial charge in [-0.15, -0.1) is 0 Å². The predicted molar refractivity (Wildman–Crippen MR) is 63.3 cm³/mol. The number of halogens is 2. The maximum Gasteiger partial charge on any atom is 0.180 e. The van der Waals surface area contributed by atoms with Crippen LogP contribution in [0.15, 0.2) is 12.1 Å². The lowest BCUT2D eigenvalue weighted by Crippen LogP contribution is -2.13. The van der Waals surface area contributed by atoms with Gasteiger partial charge in [0.15, 0.2) is 5.78 Å². The third kappa shape index (κ3) is 2.04. The Morgan fingerprint density at radius 1 is 1.53 bits per heavy atom. The molecule has 1 aliphatic heterocycles. The van der Waals surface area contributed by atoms with Crippen molar-refractivity contribution < 1.29 is 9.53 Å². The number of fused-ring (bicyclic) bond motifs is 1. The Bertz CT molecular complexity index is 417. The van der Waals surface area contributed by atoms with E-state index in [1.54, 1.807) is 6.07 Å².